The third-order valence-electron chi connectivity index (χ3n) is 11.6. The van der Waals surface area contributed by atoms with Gasteiger partial charge in [-0.15, -0.1) is 0 Å². The molecule has 4 aliphatic rings. The van der Waals surface area contributed by atoms with Crippen LogP contribution in [0.3, 0.4) is 0 Å². The van der Waals surface area contributed by atoms with Gasteiger partial charge in [0.05, 0.1) is 13.4 Å². The van der Waals surface area contributed by atoms with E-state index >= 15 is 0 Å². The molecule has 2 aromatic carbocycles. The Labute approximate surface area is 310 Å². The number of rotatable bonds is 6. The van der Waals surface area contributed by atoms with Gasteiger partial charge in [-0.05, 0) is 105 Å². The zero-order valence-electron chi connectivity index (χ0n) is 31.6. The van der Waals surface area contributed by atoms with Crippen LogP contribution in [0.1, 0.15) is 67.7 Å². The Morgan fingerprint density at radius 3 is 2.02 bits per heavy atom. The maximum atomic E-state index is 13.0. The molecule has 0 bridgehead atoms. The van der Waals surface area contributed by atoms with Gasteiger partial charge in [-0.1, -0.05) is 37.3 Å². The minimum atomic E-state index is -3.07. The number of hydrogen-bond donors (Lipinski definition) is 2. The number of ether oxygens (including phenoxy) is 1. The monoisotopic (exact) mass is 738 g/mol. The summed E-state index contributed by atoms with van der Waals surface area (Å²) in [6.07, 6.45) is 8.13. The Morgan fingerprint density at radius 2 is 1.44 bits per heavy atom. The fourth-order valence-corrected chi connectivity index (χ4v) is 9.31. The maximum absolute atomic E-state index is 13.0. The minimum Gasteiger partial charge on any atom is -0.453 e. The van der Waals surface area contributed by atoms with Crippen molar-refractivity contribution in [3.05, 3.63) is 58.7 Å². The topological polar surface area (TPSA) is 146 Å². The number of anilines is 2. The molecular formula is C39H58N6O6S. The molecule has 1 atom stereocenters. The van der Waals surface area contributed by atoms with Gasteiger partial charge in [0.1, 0.15) is 0 Å². The number of nitrogen functional groups attached to an aromatic ring is 1. The van der Waals surface area contributed by atoms with Gasteiger partial charge in [-0.2, -0.15) is 0 Å². The van der Waals surface area contributed by atoms with E-state index in [-0.39, 0.29) is 30.0 Å². The van der Waals surface area contributed by atoms with Gasteiger partial charge in [0.25, 0.3) is 0 Å². The molecule has 3 N–H and O–H groups in total. The van der Waals surface area contributed by atoms with Crippen LogP contribution in [0.2, 0.25) is 0 Å². The van der Waals surface area contributed by atoms with Crippen LogP contribution in [-0.2, 0) is 32.4 Å². The summed E-state index contributed by atoms with van der Waals surface area (Å²) in [7, 11) is -1.67. The van der Waals surface area contributed by atoms with Crippen molar-refractivity contribution in [2.24, 2.45) is 17.8 Å². The molecular weight excluding hydrogens is 681 g/mol. The molecule has 0 aliphatic carbocycles. The normalized spacial score (nSPS) is 20.2. The Balaban J connectivity index is 0.000000210. The smallest absolute Gasteiger partial charge is 0.409 e. The molecule has 52 heavy (non-hydrogen) atoms. The highest BCUT2D eigenvalue weighted by molar-refractivity contribution is 7.88. The van der Waals surface area contributed by atoms with E-state index < -0.39 is 10.0 Å². The highest BCUT2D eigenvalue weighted by Crippen LogP contribution is 2.34. The number of piperidine rings is 3. The van der Waals surface area contributed by atoms with Crippen LogP contribution in [-0.4, -0.2) is 111 Å². The summed E-state index contributed by atoms with van der Waals surface area (Å²) in [6, 6.07) is 12.3. The summed E-state index contributed by atoms with van der Waals surface area (Å²) in [5.41, 5.74) is 12.3. The van der Waals surface area contributed by atoms with E-state index in [1.165, 1.54) is 24.5 Å². The van der Waals surface area contributed by atoms with Crippen LogP contribution in [0.25, 0.3) is 0 Å². The minimum absolute atomic E-state index is 0.0398. The van der Waals surface area contributed by atoms with E-state index in [2.05, 4.69) is 23.5 Å². The Bertz CT molecular complexity index is 1650. The second kappa shape index (κ2) is 17.3. The number of benzene rings is 2. The Kier molecular flexibility index (Phi) is 13.1. The highest BCUT2D eigenvalue weighted by atomic mass is 32.2. The molecule has 12 nitrogen and oxygen atoms in total. The lowest BCUT2D eigenvalue weighted by Crippen LogP contribution is -2.50. The lowest BCUT2D eigenvalue weighted by atomic mass is 9.79. The number of fused-ring (bicyclic) bond motifs is 1. The second-order valence-corrected chi connectivity index (χ2v) is 17.1. The van der Waals surface area contributed by atoms with Crippen molar-refractivity contribution in [1.82, 2.24) is 19.0 Å². The van der Waals surface area contributed by atoms with E-state index in [9.17, 15) is 22.8 Å². The van der Waals surface area contributed by atoms with E-state index in [1.807, 2.05) is 48.8 Å². The highest BCUT2D eigenvalue weighted by Gasteiger charge is 2.34. The number of carbonyl (C=O) groups excluding carboxylic acids is 3. The molecule has 4 heterocycles. The maximum Gasteiger partial charge on any atom is 0.409 e. The molecule has 6 rings (SSSR count). The average Bonchev–Trinajstić information content (AvgIpc) is 3.31. The van der Waals surface area contributed by atoms with Gasteiger partial charge in [-0.25, -0.2) is 22.3 Å². The molecule has 3 fully saturated rings. The van der Waals surface area contributed by atoms with E-state index in [4.69, 9.17) is 10.5 Å². The molecule has 0 aromatic heterocycles. The number of nitrogens with zero attached hydrogens (tertiary/aromatic N) is 4. The van der Waals surface area contributed by atoms with Crippen molar-refractivity contribution in [3.63, 3.8) is 0 Å². The molecule has 0 unspecified atom stereocenters. The number of urea groups is 1. The van der Waals surface area contributed by atoms with Gasteiger partial charge >= 0.3 is 12.1 Å². The summed E-state index contributed by atoms with van der Waals surface area (Å²) in [5, 5.41) is 3.00. The van der Waals surface area contributed by atoms with Crippen LogP contribution in [0, 0.1) is 31.6 Å². The number of nitrogens with one attached hydrogen (secondary N) is 1. The van der Waals surface area contributed by atoms with E-state index in [1.54, 1.807) is 9.21 Å². The summed E-state index contributed by atoms with van der Waals surface area (Å²) >= 11 is 0. The molecule has 2 aromatic rings. The van der Waals surface area contributed by atoms with Gasteiger partial charge in [0.15, 0.2) is 0 Å². The van der Waals surface area contributed by atoms with Crippen molar-refractivity contribution >= 4 is 39.4 Å². The molecule has 4 aliphatic heterocycles. The molecule has 286 valence electrons. The first-order valence-corrected chi connectivity index (χ1v) is 20.7. The fraction of sp³-hybridized carbons (Fsp3) is 0.615. The summed E-state index contributed by atoms with van der Waals surface area (Å²) in [4.78, 5) is 42.6. The van der Waals surface area contributed by atoms with Gasteiger partial charge < -0.3 is 30.5 Å². The third kappa shape index (κ3) is 9.77. The fourth-order valence-electron chi connectivity index (χ4n) is 8.43. The number of sulfonamides is 1. The van der Waals surface area contributed by atoms with Gasteiger partial charge in [-0.3, -0.25) is 4.79 Å². The van der Waals surface area contributed by atoms with Crippen molar-refractivity contribution in [2.45, 2.75) is 78.2 Å². The van der Waals surface area contributed by atoms with Crippen LogP contribution >= 0.6 is 0 Å². The SMILES string of the molecule is COC(=O)N1CCC(N2CCc3ccccc3NC2=O)CC1.Cc1cc(C[C@@H](C)C(=O)N2CCC(C3CCN(S(C)(=O)=O)CC3)CC2)cc(C)c1N. The molecule has 4 amide bonds. The molecule has 3 saturated heterocycles. The molecule has 0 radical (unpaired) electrons. The summed E-state index contributed by atoms with van der Waals surface area (Å²) in [6.45, 7) is 11.0. The zero-order valence-corrected chi connectivity index (χ0v) is 32.4. The number of likely N-dealkylation sites (tertiary alicyclic amines) is 2. The lowest BCUT2D eigenvalue weighted by Gasteiger charge is -2.40. The van der Waals surface area contributed by atoms with Crippen molar-refractivity contribution in [2.75, 3.05) is 70.2 Å². The number of amides is 4. The number of para-hydroxylation sites is 1. The van der Waals surface area contributed by atoms with Crippen LogP contribution < -0.4 is 11.1 Å². The first-order valence-electron chi connectivity index (χ1n) is 18.8. The van der Waals surface area contributed by atoms with Crippen molar-refractivity contribution < 1.29 is 27.5 Å². The number of methoxy groups -OCH3 is 1. The number of nitrogens with two attached hydrogens (primary N) is 1. The van der Waals surface area contributed by atoms with Crippen LogP contribution in [0.15, 0.2) is 36.4 Å². The van der Waals surface area contributed by atoms with E-state index in [0.29, 0.717) is 44.6 Å². The molecule has 0 saturated carbocycles. The first kappa shape index (κ1) is 39.4. The second-order valence-electron chi connectivity index (χ2n) is 15.1. The van der Waals surface area contributed by atoms with Crippen LogP contribution in [0.4, 0.5) is 21.0 Å². The first-order chi connectivity index (χ1) is 24.7. The summed E-state index contributed by atoms with van der Waals surface area (Å²) in [5.74, 6) is 1.39. The van der Waals surface area contributed by atoms with Crippen LogP contribution in [0.5, 0.6) is 0 Å². The largest absolute Gasteiger partial charge is 0.453 e. The average molecular weight is 739 g/mol. The number of aryl methyl sites for hydroxylation is 2. The lowest BCUT2D eigenvalue weighted by molar-refractivity contribution is -0.136. The molecule has 13 heteroatoms. The number of carbonyl (C=O) groups is 3. The summed E-state index contributed by atoms with van der Waals surface area (Å²) < 4.78 is 29.8. The standard InChI is InChI=1S/C23H37N3O3S.C16H21N3O3/c1-16-13-19(14-17(2)22(16)24)15-18(3)23(27)25-9-5-20(6-10-25)21-7-11-26(12-8-21)30(4,28)29;1-22-16(21)18-9-7-13(8-10-18)19-11-6-12-4-2-3-5-14(12)17-15(19)20/h13-14,18,20-21H,5-12,15,24H2,1-4H3;2-5,13H,6-11H2,1H3,(H,17,20)/t18-;/m1./s1. The molecule has 0 spiro atoms. The Hall–Kier alpha value is -3.84. The van der Waals surface area contributed by atoms with Gasteiger partial charge in [0, 0.05) is 69.1 Å². The van der Waals surface area contributed by atoms with Crippen molar-refractivity contribution in [1.29, 1.82) is 0 Å². The quantitative estimate of drug-likeness (QED) is 0.384. The van der Waals surface area contributed by atoms with Gasteiger partial charge in [0.2, 0.25) is 15.9 Å². The predicted octanol–water partition coefficient (Wildman–Crippen LogP) is 5.28. The Morgan fingerprint density at radius 1 is 0.885 bits per heavy atom. The van der Waals surface area contributed by atoms with Crippen molar-refractivity contribution in [3.8, 4) is 0 Å². The number of hydrogen-bond acceptors (Lipinski definition) is 7. The zero-order chi connectivity index (χ0) is 37.6. The third-order valence-corrected chi connectivity index (χ3v) is 12.9. The van der Waals surface area contributed by atoms with E-state index in [0.717, 1.165) is 87.0 Å². The predicted molar refractivity (Wildman–Crippen MR) is 205 cm³/mol.